The second-order valence-electron chi connectivity index (χ2n) is 5.35. The van der Waals surface area contributed by atoms with Gasteiger partial charge in [0.15, 0.2) is 12.3 Å². The van der Waals surface area contributed by atoms with Crippen LogP contribution in [0.4, 0.5) is 5.69 Å². The van der Waals surface area contributed by atoms with Crippen molar-refractivity contribution in [3.8, 4) is 0 Å². The van der Waals surface area contributed by atoms with Gasteiger partial charge in [0.1, 0.15) is 12.3 Å². The highest BCUT2D eigenvalue weighted by molar-refractivity contribution is 9.10. The van der Waals surface area contributed by atoms with E-state index in [1.807, 2.05) is 51.2 Å². The Balaban J connectivity index is 1.89. The topological polar surface area (TPSA) is 46.7 Å². The lowest BCUT2D eigenvalue weighted by Crippen LogP contribution is -3.08. The van der Waals surface area contributed by atoms with Gasteiger partial charge in [0.25, 0.3) is 5.91 Å². The van der Waals surface area contributed by atoms with Crippen LogP contribution in [0.3, 0.4) is 0 Å². The third-order valence-electron chi connectivity index (χ3n) is 3.13. The number of anilines is 1. The number of nitrogens with one attached hydrogen (secondary N) is 2. The number of amides is 1. The van der Waals surface area contributed by atoms with Crippen LogP contribution in [0.2, 0.25) is 0 Å². The summed E-state index contributed by atoms with van der Waals surface area (Å²) in [6.07, 6.45) is 0. The number of hydrogen-bond donors (Lipinski definition) is 2. The minimum atomic E-state index is -0.0136. The molecule has 1 atom stereocenters. The van der Waals surface area contributed by atoms with Gasteiger partial charge in [-0.2, -0.15) is 0 Å². The molecule has 1 aromatic carbocycles. The minimum Gasteiger partial charge on any atom is -0.460 e. The van der Waals surface area contributed by atoms with Gasteiger partial charge in [0, 0.05) is 4.47 Å². The molecule has 0 bridgehead atoms. The lowest BCUT2D eigenvalue weighted by molar-refractivity contribution is -0.886. The molecule has 1 unspecified atom stereocenters. The first-order valence-electron chi connectivity index (χ1n) is 6.86. The highest BCUT2D eigenvalue weighted by atomic mass is 79.9. The molecule has 1 aromatic heterocycles. The molecule has 5 heteroatoms. The molecule has 0 spiro atoms. The van der Waals surface area contributed by atoms with E-state index in [9.17, 15) is 4.79 Å². The quantitative estimate of drug-likeness (QED) is 0.868. The van der Waals surface area contributed by atoms with Crippen LogP contribution < -0.4 is 10.2 Å². The van der Waals surface area contributed by atoms with E-state index < -0.39 is 0 Å². The van der Waals surface area contributed by atoms with E-state index in [1.54, 1.807) is 0 Å². The van der Waals surface area contributed by atoms with Crippen LogP contribution in [0.5, 0.6) is 0 Å². The molecule has 0 aliphatic carbocycles. The molecule has 112 valence electrons. The van der Waals surface area contributed by atoms with Crippen molar-refractivity contribution in [1.82, 2.24) is 0 Å². The molecule has 1 amide bonds. The lowest BCUT2D eigenvalue weighted by atomic mass is 10.2. The van der Waals surface area contributed by atoms with E-state index in [0.29, 0.717) is 13.1 Å². The number of furan rings is 1. The summed E-state index contributed by atoms with van der Waals surface area (Å²) in [5.74, 6) is 1.78. The predicted octanol–water partition coefficient (Wildman–Crippen LogP) is 2.31. The van der Waals surface area contributed by atoms with Crippen LogP contribution >= 0.6 is 15.9 Å². The smallest absolute Gasteiger partial charge is 0.279 e. The Hall–Kier alpha value is -1.59. The summed E-state index contributed by atoms with van der Waals surface area (Å²) in [6.45, 7) is 5.01. The molecule has 0 aliphatic rings. The van der Waals surface area contributed by atoms with Gasteiger partial charge in [-0.15, -0.1) is 0 Å². The largest absolute Gasteiger partial charge is 0.460 e. The van der Waals surface area contributed by atoms with Crippen molar-refractivity contribution in [3.05, 3.63) is 51.9 Å². The molecule has 0 fully saturated rings. The van der Waals surface area contributed by atoms with Crippen LogP contribution in [0.15, 0.2) is 39.2 Å². The number of halogens is 1. The number of rotatable bonds is 5. The molecule has 2 aromatic rings. The van der Waals surface area contributed by atoms with Gasteiger partial charge in [-0.3, -0.25) is 4.79 Å². The fourth-order valence-corrected chi connectivity index (χ4v) is 2.72. The van der Waals surface area contributed by atoms with Gasteiger partial charge in [-0.1, -0.05) is 6.07 Å². The first-order valence-corrected chi connectivity index (χ1v) is 7.66. The highest BCUT2D eigenvalue weighted by Gasteiger charge is 2.13. The van der Waals surface area contributed by atoms with Crippen molar-refractivity contribution in [2.75, 3.05) is 18.9 Å². The Labute approximate surface area is 133 Å². The van der Waals surface area contributed by atoms with Gasteiger partial charge in [0.05, 0.1) is 12.7 Å². The molecule has 21 heavy (non-hydrogen) atoms. The van der Waals surface area contributed by atoms with E-state index in [0.717, 1.165) is 32.1 Å². The van der Waals surface area contributed by atoms with Gasteiger partial charge >= 0.3 is 0 Å². The van der Waals surface area contributed by atoms with Crippen molar-refractivity contribution in [3.63, 3.8) is 0 Å². The second kappa shape index (κ2) is 6.91. The molecule has 0 saturated heterocycles. The van der Waals surface area contributed by atoms with Crippen LogP contribution in [-0.2, 0) is 11.3 Å². The number of carbonyl (C=O) groups excluding carboxylic acids is 1. The summed E-state index contributed by atoms with van der Waals surface area (Å²) < 4.78 is 6.42. The van der Waals surface area contributed by atoms with Gasteiger partial charge in [-0.25, -0.2) is 0 Å². The molecule has 2 N–H and O–H groups in total. The zero-order chi connectivity index (χ0) is 15.4. The minimum absolute atomic E-state index is 0.0136. The average Bonchev–Trinajstić information content (AvgIpc) is 2.78. The monoisotopic (exact) mass is 351 g/mol. The molecule has 4 nitrogen and oxygen atoms in total. The molecule has 0 saturated carbocycles. The average molecular weight is 352 g/mol. The summed E-state index contributed by atoms with van der Waals surface area (Å²) >= 11 is 3.46. The normalized spacial score (nSPS) is 12.2. The van der Waals surface area contributed by atoms with Crippen LogP contribution in [0.25, 0.3) is 0 Å². The molecule has 1 heterocycles. The first kappa shape index (κ1) is 15.8. The summed E-state index contributed by atoms with van der Waals surface area (Å²) in [7, 11) is 1.97. The molecule has 0 radical (unpaired) electrons. The lowest BCUT2D eigenvalue weighted by Gasteiger charge is -2.13. The maximum Gasteiger partial charge on any atom is 0.279 e. The molecule has 0 aliphatic heterocycles. The van der Waals surface area contributed by atoms with Crippen LogP contribution in [-0.4, -0.2) is 19.5 Å². The Morgan fingerprint density at radius 3 is 2.67 bits per heavy atom. The number of hydrogen-bond acceptors (Lipinski definition) is 2. The summed E-state index contributed by atoms with van der Waals surface area (Å²) in [5.41, 5.74) is 1.95. The van der Waals surface area contributed by atoms with Gasteiger partial charge in [-0.05, 0) is 59.6 Å². The second-order valence-corrected chi connectivity index (χ2v) is 6.21. The number of likely N-dealkylation sites (N-methyl/N-ethyl adjacent to an activating group) is 1. The number of carbonyl (C=O) groups is 1. The van der Waals surface area contributed by atoms with Crippen molar-refractivity contribution in [2.24, 2.45) is 0 Å². The van der Waals surface area contributed by atoms with Crippen LogP contribution in [0.1, 0.15) is 17.1 Å². The van der Waals surface area contributed by atoms with E-state index >= 15 is 0 Å². The predicted molar refractivity (Wildman–Crippen MR) is 86.4 cm³/mol. The number of aryl methyl sites for hydroxylation is 2. The third-order valence-corrected chi connectivity index (χ3v) is 3.79. The zero-order valence-electron chi connectivity index (χ0n) is 12.5. The van der Waals surface area contributed by atoms with Crippen molar-refractivity contribution in [1.29, 1.82) is 0 Å². The van der Waals surface area contributed by atoms with Crippen molar-refractivity contribution in [2.45, 2.75) is 20.4 Å². The summed E-state index contributed by atoms with van der Waals surface area (Å²) in [5, 5.41) is 2.92. The Morgan fingerprint density at radius 1 is 1.29 bits per heavy atom. The Morgan fingerprint density at radius 2 is 2.05 bits per heavy atom. The molecule has 2 rings (SSSR count). The standard InChI is InChI=1S/C16H19BrN2O2/c1-11-4-7-15(14(17)8-11)18-16(20)10-19(3)9-13-6-5-12(2)21-13/h4-8H,9-10H2,1-3H3,(H,18,20)/p+1. The molecular formula is C16H20BrN2O2+. The highest BCUT2D eigenvalue weighted by Crippen LogP contribution is 2.23. The van der Waals surface area contributed by atoms with Gasteiger partial charge < -0.3 is 14.6 Å². The van der Waals surface area contributed by atoms with E-state index in [1.165, 1.54) is 0 Å². The number of quaternary nitrogens is 1. The zero-order valence-corrected chi connectivity index (χ0v) is 14.1. The van der Waals surface area contributed by atoms with Gasteiger partial charge in [0.2, 0.25) is 0 Å². The SMILES string of the molecule is Cc1ccc(NC(=O)C[NH+](C)Cc2ccc(C)o2)c(Br)c1. The summed E-state index contributed by atoms with van der Waals surface area (Å²) in [4.78, 5) is 13.1. The molecular weight excluding hydrogens is 332 g/mol. The van der Waals surface area contributed by atoms with Crippen molar-refractivity contribution < 1.29 is 14.1 Å². The van der Waals surface area contributed by atoms with E-state index in [2.05, 4.69) is 21.2 Å². The fraction of sp³-hybridized carbons (Fsp3) is 0.312. The van der Waals surface area contributed by atoms with E-state index in [-0.39, 0.29) is 5.91 Å². The fourth-order valence-electron chi connectivity index (χ4n) is 2.13. The Kier molecular flexibility index (Phi) is 5.20. The Bertz CT molecular complexity index is 637. The van der Waals surface area contributed by atoms with Crippen molar-refractivity contribution >= 4 is 27.5 Å². The summed E-state index contributed by atoms with van der Waals surface area (Å²) in [6, 6.07) is 9.75. The number of benzene rings is 1. The third kappa shape index (κ3) is 4.72. The van der Waals surface area contributed by atoms with E-state index in [4.69, 9.17) is 4.42 Å². The van der Waals surface area contributed by atoms with Crippen LogP contribution in [0, 0.1) is 13.8 Å². The maximum atomic E-state index is 12.1. The first-order chi connectivity index (χ1) is 9.94. The maximum absolute atomic E-state index is 12.1.